The van der Waals surface area contributed by atoms with Gasteiger partial charge in [0.15, 0.2) is 0 Å². The number of hydrogen-bond donors (Lipinski definition) is 1. The maximum atomic E-state index is 11.2. The summed E-state index contributed by atoms with van der Waals surface area (Å²) in [6.45, 7) is 2.54. The highest BCUT2D eigenvalue weighted by Gasteiger charge is 2.23. The van der Waals surface area contributed by atoms with E-state index in [1.54, 1.807) is 19.2 Å². The van der Waals surface area contributed by atoms with E-state index in [1.807, 2.05) is 12.1 Å². The number of rotatable bonds is 4. The van der Waals surface area contributed by atoms with E-state index in [1.165, 1.54) is 0 Å². The van der Waals surface area contributed by atoms with Gasteiger partial charge in [-0.05, 0) is 30.9 Å². The second-order valence-electron chi connectivity index (χ2n) is 4.73. The van der Waals surface area contributed by atoms with E-state index in [0.717, 1.165) is 38.2 Å². The zero-order chi connectivity index (χ0) is 13.0. The summed E-state index contributed by atoms with van der Waals surface area (Å²) in [5, 5.41) is 9.21. The van der Waals surface area contributed by atoms with E-state index in [-0.39, 0.29) is 0 Å². The van der Waals surface area contributed by atoms with Crippen LogP contribution in [0.4, 0.5) is 5.69 Å². The molecule has 18 heavy (non-hydrogen) atoms. The van der Waals surface area contributed by atoms with Crippen LogP contribution in [0.15, 0.2) is 24.3 Å². The van der Waals surface area contributed by atoms with Crippen molar-refractivity contribution in [3.05, 3.63) is 29.8 Å². The van der Waals surface area contributed by atoms with Gasteiger partial charge in [0, 0.05) is 20.2 Å². The minimum absolute atomic E-state index is 0.385. The average Bonchev–Trinajstić information content (AvgIpc) is 2.39. The second kappa shape index (κ2) is 5.87. The Bertz CT molecular complexity index is 417. The largest absolute Gasteiger partial charge is 0.478 e. The molecular weight excluding hydrogens is 230 g/mol. The van der Waals surface area contributed by atoms with Gasteiger partial charge in [-0.2, -0.15) is 0 Å². The Labute approximate surface area is 107 Å². The van der Waals surface area contributed by atoms with Gasteiger partial charge in [-0.15, -0.1) is 0 Å². The Morgan fingerprint density at radius 3 is 3.00 bits per heavy atom. The Hall–Kier alpha value is -1.55. The van der Waals surface area contributed by atoms with Crippen molar-refractivity contribution in [3.8, 4) is 0 Å². The Morgan fingerprint density at radius 1 is 1.50 bits per heavy atom. The summed E-state index contributed by atoms with van der Waals surface area (Å²) in [7, 11) is 1.71. The van der Waals surface area contributed by atoms with Gasteiger partial charge in [-0.3, -0.25) is 0 Å². The number of carbonyl (C=O) groups is 1. The third kappa shape index (κ3) is 2.82. The van der Waals surface area contributed by atoms with Gasteiger partial charge < -0.3 is 14.7 Å². The van der Waals surface area contributed by atoms with E-state index in [0.29, 0.717) is 11.5 Å². The highest BCUT2D eigenvalue weighted by Crippen LogP contribution is 2.26. The van der Waals surface area contributed by atoms with Crippen molar-refractivity contribution in [2.24, 2.45) is 5.92 Å². The lowest BCUT2D eigenvalue weighted by atomic mass is 9.97. The number of methoxy groups -OCH3 is 1. The lowest BCUT2D eigenvalue weighted by Gasteiger charge is -2.34. The van der Waals surface area contributed by atoms with Crippen LogP contribution in [0.5, 0.6) is 0 Å². The van der Waals surface area contributed by atoms with Crippen molar-refractivity contribution in [2.75, 3.05) is 31.7 Å². The van der Waals surface area contributed by atoms with Crippen LogP contribution in [-0.2, 0) is 4.74 Å². The van der Waals surface area contributed by atoms with Crippen molar-refractivity contribution in [3.63, 3.8) is 0 Å². The van der Waals surface area contributed by atoms with E-state index in [2.05, 4.69) is 4.90 Å². The molecule has 0 amide bonds. The summed E-state index contributed by atoms with van der Waals surface area (Å²) >= 11 is 0. The molecule has 1 heterocycles. The molecule has 1 aliphatic rings. The van der Waals surface area contributed by atoms with Crippen LogP contribution in [0.1, 0.15) is 23.2 Å². The average molecular weight is 249 g/mol. The van der Waals surface area contributed by atoms with E-state index >= 15 is 0 Å². The fraction of sp³-hybridized carbons (Fsp3) is 0.500. The van der Waals surface area contributed by atoms with Crippen LogP contribution in [-0.4, -0.2) is 37.9 Å². The molecule has 4 nitrogen and oxygen atoms in total. The van der Waals surface area contributed by atoms with Gasteiger partial charge in [0.25, 0.3) is 0 Å². The molecule has 1 saturated heterocycles. The van der Waals surface area contributed by atoms with Gasteiger partial charge >= 0.3 is 5.97 Å². The van der Waals surface area contributed by atoms with E-state index in [9.17, 15) is 9.90 Å². The maximum absolute atomic E-state index is 11.2. The highest BCUT2D eigenvalue weighted by atomic mass is 16.5. The first-order valence-electron chi connectivity index (χ1n) is 6.28. The number of benzene rings is 1. The number of para-hydroxylation sites is 1. The van der Waals surface area contributed by atoms with Crippen LogP contribution < -0.4 is 4.90 Å². The molecule has 0 spiro atoms. The fourth-order valence-electron chi connectivity index (χ4n) is 2.59. The predicted octanol–water partition coefficient (Wildman–Crippen LogP) is 2.25. The van der Waals surface area contributed by atoms with Crippen molar-refractivity contribution >= 4 is 11.7 Å². The number of hydrogen-bond acceptors (Lipinski definition) is 3. The molecule has 0 aliphatic carbocycles. The van der Waals surface area contributed by atoms with Crippen molar-refractivity contribution in [2.45, 2.75) is 12.8 Å². The van der Waals surface area contributed by atoms with Gasteiger partial charge in [0.2, 0.25) is 0 Å². The normalized spacial score (nSPS) is 19.8. The minimum atomic E-state index is -0.862. The molecule has 1 aromatic carbocycles. The van der Waals surface area contributed by atoms with Crippen LogP contribution in [0.25, 0.3) is 0 Å². The third-order valence-electron chi connectivity index (χ3n) is 3.40. The maximum Gasteiger partial charge on any atom is 0.337 e. The molecule has 1 fully saturated rings. The molecule has 1 aromatic rings. The first kappa shape index (κ1) is 12.9. The van der Waals surface area contributed by atoms with E-state index in [4.69, 9.17) is 4.74 Å². The number of ether oxygens (including phenoxy) is 1. The quantitative estimate of drug-likeness (QED) is 0.889. The molecule has 1 aliphatic heterocycles. The summed E-state index contributed by atoms with van der Waals surface area (Å²) in [4.78, 5) is 13.4. The first-order chi connectivity index (χ1) is 8.72. The molecule has 4 heteroatoms. The molecular formula is C14H19NO3. The number of carboxylic acid groups (broad SMARTS) is 1. The zero-order valence-electron chi connectivity index (χ0n) is 10.6. The van der Waals surface area contributed by atoms with Crippen LogP contribution >= 0.6 is 0 Å². The lowest BCUT2D eigenvalue weighted by molar-refractivity contribution is 0.0697. The molecule has 98 valence electrons. The number of anilines is 1. The second-order valence-corrected chi connectivity index (χ2v) is 4.73. The molecule has 1 unspecified atom stereocenters. The molecule has 0 radical (unpaired) electrons. The summed E-state index contributed by atoms with van der Waals surface area (Å²) in [6, 6.07) is 7.21. The highest BCUT2D eigenvalue weighted by molar-refractivity contribution is 5.94. The Morgan fingerprint density at radius 2 is 2.28 bits per heavy atom. The number of aromatic carboxylic acids is 1. The molecule has 2 rings (SSSR count). The van der Waals surface area contributed by atoms with Crippen molar-refractivity contribution in [1.82, 2.24) is 0 Å². The van der Waals surface area contributed by atoms with Gasteiger partial charge in [-0.1, -0.05) is 12.1 Å². The summed E-state index contributed by atoms with van der Waals surface area (Å²) in [5.74, 6) is -0.370. The predicted molar refractivity (Wildman–Crippen MR) is 70.2 cm³/mol. The molecule has 1 atom stereocenters. The lowest BCUT2D eigenvalue weighted by Crippen LogP contribution is -2.37. The van der Waals surface area contributed by atoms with Crippen LogP contribution in [0.2, 0.25) is 0 Å². The summed E-state index contributed by atoms with van der Waals surface area (Å²) in [6.07, 6.45) is 2.24. The Kier molecular flexibility index (Phi) is 4.20. The van der Waals surface area contributed by atoms with Gasteiger partial charge in [0.05, 0.1) is 17.9 Å². The molecule has 1 N–H and O–H groups in total. The zero-order valence-corrected chi connectivity index (χ0v) is 10.6. The Balaban J connectivity index is 2.18. The van der Waals surface area contributed by atoms with Crippen LogP contribution in [0, 0.1) is 5.92 Å². The number of piperidine rings is 1. The van der Waals surface area contributed by atoms with Crippen molar-refractivity contribution in [1.29, 1.82) is 0 Å². The standard InChI is InChI=1S/C14H19NO3/c1-18-10-11-5-4-8-15(9-11)13-7-3-2-6-12(13)14(16)17/h2-3,6-7,11H,4-5,8-10H2,1H3,(H,16,17). The van der Waals surface area contributed by atoms with E-state index < -0.39 is 5.97 Å². The van der Waals surface area contributed by atoms with Crippen LogP contribution in [0.3, 0.4) is 0 Å². The van der Waals surface area contributed by atoms with Gasteiger partial charge in [0.1, 0.15) is 0 Å². The topological polar surface area (TPSA) is 49.8 Å². The van der Waals surface area contributed by atoms with Crippen molar-refractivity contribution < 1.29 is 14.6 Å². The number of nitrogens with zero attached hydrogens (tertiary/aromatic N) is 1. The van der Waals surface area contributed by atoms with Gasteiger partial charge in [-0.25, -0.2) is 4.79 Å². The fourth-order valence-corrected chi connectivity index (χ4v) is 2.59. The SMILES string of the molecule is COCC1CCCN(c2ccccc2C(=O)O)C1. The minimum Gasteiger partial charge on any atom is -0.478 e. The molecule has 0 saturated carbocycles. The summed E-state index contributed by atoms with van der Waals surface area (Å²) in [5.41, 5.74) is 1.21. The summed E-state index contributed by atoms with van der Waals surface area (Å²) < 4.78 is 5.20. The number of carboxylic acids is 1. The molecule has 0 bridgehead atoms. The first-order valence-corrected chi connectivity index (χ1v) is 6.28. The smallest absolute Gasteiger partial charge is 0.337 e. The third-order valence-corrected chi connectivity index (χ3v) is 3.40. The molecule has 0 aromatic heterocycles. The monoisotopic (exact) mass is 249 g/mol.